The SMILES string of the molecule is CC(=O)N[C@H](C(=O)N[C@@H](C)C(=O)NC(C=O)CC(=O)O)C(C)C. The van der Waals surface area contributed by atoms with Crippen LogP contribution in [-0.4, -0.2) is 53.2 Å². The Morgan fingerprint density at radius 3 is 1.96 bits per heavy atom. The zero-order chi connectivity index (χ0) is 18.2. The minimum atomic E-state index is -1.23. The molecule has 1 unspecified atom stereocenters. The van der Waals surface area contributed by atoms with Crippen LogP contribution in [-0.2, 0) is 24.0 Å². The molecule has 9 heteroatoms. The van der Waals surface area contributed by atoms with Gasteiger partial charge in [0, 0.05) is 6.92 Å². The van der Waals surface area contributed by atoms with Crippen molar-refractivity contribution in [3.8, 4) is 0 Å². The van der Waals surface area contributed by atoms with Crippen LogP contribution in [0.1, 0.15) is 34.1 Å². The van der Waals surface area contributed by atoms with Gasteiger partial charge in [0.05, 0.1) is 12.5 Å². The third-order valence-electron chi connectivity index (χ3n) is 2.95. The molecule has 3 amide bonds. The molecule has 0 rings (SSSR count). The number of hydrogen-bond donors (Lipinski definition) is 4. The Labute approximate surface area is 134 Å². The molecule has 4 N–H and O–H groups in total. The first kappa shape index (κ1) is 20.6. The van der Waals surface area contributed by atoms with E-state index in [2.05, 4.69) is 16.0 Å². The molecule has 0 aliphatic rings. The Balaban J connectivity index is 4.70. The van der Waals surface area contributed by atoms with E-state index < -0.39 is 42.3 Å². The number of carbonyl (C=O) groups excluding carboxylic acids is 4. The lowest BCUT2D eigenvalue weighted by Gasteiger charge is -2.23. The molecule has 0 saturated carbocycles. The third kappa shape index (κ3) is 7.93. The van der Waals surface area contributed by atoms with E-state index >= 15 is 0 Å². The van der Waals surface area contributed by atoms with Crippen molar-refractivity contribution in [1.29, 1.82) is 0 Å². The van der Waals surface area contributed by atoms with E-state index in [1.54, 1.807) is 13.8 Å². The van der Waals surface area contributed by atoms with Gasteiger partial charge in [0.2, 0.25) is 17.7 Å². The molecule has 0 heterocycles. The van der Waals surface area contributed by atoms with Gasteiger partial charge in [0.25, 0.3) is 0 Å². The van der Waals surface area contributed by atoms with Crippen molar-refractivity contribution in [3.63, 3.8) is 0 Å². The Bertz CT molecular complexity index is 477. The molecular formula is C14H23N3O6. The fourth-order valence-electron chi connectivity index (χ4n) is 1.75. The molecule has 0 aliphatic carbocycles. The molecular weight excluding hydrogens is 306 g/mol. The van der Waals surface area contributed by atoms with Gasteiger partial charge < -0.3 is 25.9 Å². The number of aliphatic carboxylic acids is 1. The number of hydrogen-bond acceptors (Lipinski definition) is 5. The predicted octanol–water partition coefficient (Wildman–Crippen LogP) is -1.19. The van der Waals surface area contributed by atoms with Crippen LogP contribution in [0.25, 0.3) is 0 Å². The van der Waals surface area contributed by atoms with Gasteiger partial charge in [-0.3, -0.25) is 19.2 Å². The minimum absolute atomic E-state index is 0.191. The fraction of sp³-hybridized carbons (Fsp3) is 0.643. The standard InChI is InChI=1S/C14H23N3O6/c1-7(2)12(16-9(4)19)14(23)15-8(3)13(22)17-10(6-18)5-11(20)21/h6-8,10,12H,5H2,1-4H3,(H,15,23)(H,16,19)(H,17,22)(H,20,21)/t8-,10?,12-/m0/s1. The van der Waals surface area contributed by atoms with Gasteiger partial charge in [-0.15, -0.1) is 0 Å². The van der Waals surface area contributed by atoms with Gasteiger partial charge in [-0.25, -0.2) is 0 Å². The molecule has 0 spiro atoms. The number of carboxylic acid groups (broad SMARTS) is 1. The summed E-state index contributed by atoms with van der Waals surface area (Å²) in [5, 5.41) is 15.7. The number of carbonyl (C=O) groups is 5. The quantitative estimate of drug-likeness (QED) is 0.392. The molecule has 0 saturated heterocycles. The normalized spacial score (nSPS) is 14.3. The van der Waals surface area contributed by atoms with E-state index in [1.165, 1.54) is 13.8 Å². The van der Waals surface area contributed by atoms with Gasteiger partial charge in [-0.2, -0.15) is 0 Å². The van der Waals surface area contributed by atoms with E-state index in [9.17, 15) is 24.0 Å². The van der Waals surface area contributed by atoms with Crippen molar-refractivity contribution in [2.45, 2.75) is 52.2 Å². The summed E-state index contributed by atoms with van der Waals surface area (Å²) >= 11 is 0. The molecule has 23 heavy (non-hydrogen) atoms. The molecule has 0 aliphatic heterocycles. The highest BCUT2D eigenvalue weighted by Gasteiger charge is 2.27. The fourth-order valence-corrected chi connectivity index (χ4v) is 1.75. The van der Waals surface area contributed by atoms with E-state index in [-0.39, 0.29) is 11.8 Å². The summed E-state index contributed by atoms with van der Waals surface area (Å²) < 4.78 is 0. The minimum Gasteiger partial charge on any atom is -0.481 e. The van der Waals surface area contributed by atoms with Gasteiger partial charge in [-0.1, -0.05) is 13.8 Å². The van der Waals surface area contributed by atoms with Crippen molar-refractivity contribution in [2.75, 3.05) is 0 Å². The summed E-state index contributed by atoms with van der Waals surface area (Å²) in [6.07, 6.45) is -0.231. The van der Waals surface area contributed by atoms with Crippen molar-refractivity contribution in [3.05, 3.63) is 0 Å². The summed E-state index contributed by atoms with van der Waals surface area (Å²) in [6.45, 7) is 6.14. The Hall–Kier alpha value is -2.45. The number of carboxylic acids is 1. The molecule has 0 fully saturated rings. The van der Waals surface area contributed by atoms with Crippen LogP contribution < -0.4 is 16.0 Å². The van der Waals surface area contributed by atoms with Crippen LogP contribution in [0, 0.1) is 5.92 Å². The van der Waals surface area contributed by atoms with E-state index in [0.717, 1.165) is 0 Å². The molecule has 0 aromatic heterocycles. The van der Waals surface area contributed by atoms with Crippen LogP contribution in [0.2, 0.25) is 0 Å². The van der Waals surface area contributed by atoms with Crippen molar-refractivity contribution in [2.24, 2.45) is 5.92 Å². The topological polar surface area (TPSA) is 142 Å². The number of aldehydes is 1. The second kappa shape index (κ2) is 9.54. The summed E-state index contributed by atoms with van der Waals surface area (Å²) in [4.78, 5) is 56.4. The van der Waals surface area contributed by atoms with Gasteiger partial charge in [0.1, 0.15) is 18.4 Å². The second-order valence-electron chi connectivity index (χ2n) is 5.50. The highest BCUT2D eigenvalue weighted by molar-refractivity contribution is 5.92. The zero-order valence-electron chi connectivity index (χ0n) is 13.6. The lowest BCUT2D eigenvalue weighted by atomic mass is 10.0. The van der Waals surface area contributed by atoms with Crippen LogP contribution in [0.4, 0.5) is 0 Å². The van der Waals surface area contributed by atoms with Crippen LogP contribution in [0.15, 0.2) is 0 Å². The second-order valence-corrected chi connectivity index (χ2v) is 5.50. The molecule has 0 radical (unpaired) electrons. The largest absolute Gasteiger partial charge is 0.481 e. The van der Waals surface area contributed by atoms with Crippen LogP contribution >= 0.6 is 0 Å². The monoisotopic (exact) mass is 329 g/mol. The highest BCUT2D eigenvalue weighted by Crippen LogP contribution is 2.02. The summed E-state index contributed by atoms with van der Waals surface area (Å²) in [5.41, 5.74) is 0. The zero-order valence-corrected chi connectivity index (χ0v) is 13.6. The lowest BCUT2D eigenvalue weighted by molar-refractivity contribution is -0.139. The first-order valence-corrected chi connectivity index (χ1v) is 7.13. The Kier molecular flexibility index (Phi) is 8.53. The van der Waals surface area contributed by atoms with Crippen molar-refractivity contribution in [1.82, 2.24) is 16.0 Å². The van der Waals surface area contributed by atoms with Gasteiger partial charge in [-0.05, 0) is 12.8 Å². The lowest BCUT2D eigenvalue weighted by Crippen LogP contribution is -2.55. The van der Waals surface area contributed by atoms with E-state index in [4.69, 9.17) is 5.11 Å². The molecule has 3 atom stereocenters. The number of rotatable bonds is 9. The molecule has 130 valence electrons. The van der Waals surface area contributed by atoms with Crippen LogP contribution in [0.5, 0.6) is 0 Å². The molecule has 0 aromatic carbocycles. The Morgan fingerprint density at radius 2 is 1.57 bits per heavy atom. The molecule has 9 nitrogen and oxygen atoms in total. The highest BCUT2D eigenvalue weighted by atomic mass is 16.4. The van der Waals surface area contributed by atoms with Gasteiger partial charge >= 0.3 is 5.97 Å². The average Bonchev–Trinajstić information content (AvgIpc) is 2.42. The maximum absolute atomic E-state index is 12.1. The van der Waals surface area contributed by atoms with Crippen molar-refractivity contribution >= 4 is 30.0 Å². The predicted molar refractivity (Wildman–Crippen MR) is 80.3 cm³/mol. The number of amides is 3. The molecule has 0 aromatic rings. The van der Waals surface area contributed by atoms with Crippen molar-refractivity contribution < 1.29 is 29.1 Å². The number of nitrogens with one attached hydrogen (secondary N) is 3. The van der Waals surface area contributed by atoms with Crippen LogP contribution in [0.3, 0.4) is 0 Å². The Morgan fingerprint density at radius 1 is 1.00 bits per heavy atom. The van der Waals surface area contributed by atoms with Gasteiger partial charge in [0.15, 0.2) is 0 Å². The molecule has 0 bridgehead atoms. The third-order valence-corrected chi connectivity index (χ3v) is 2.95. The summed E-state index contributed by atoms with van der Waals surface area (Å²) in [7, 11) is 0. The first-order chi connectivity index (χ1) is 10.6. The first-order valence-electron chi connectivity index (χ1n) is 7.13. The summed E-state index contributed by atoms with van der Waals surface area (Å²) in [6, 6.07) is -2.96. The maximum Gasteiger partial charge on any atom is 0.305 e. The van der Waals surface area contributed by atoms with E-state index in [0.29, 0.717) is 6.29 Å². The smallest absolute Gasteiger partial charge is 0.305 e. The average molecular weight is 329 g/mol. The maximum atomic E-state index is 12.1. The van der Waals surface area contributed by atoms with E-state index in [1.807, 2.05) is 0 Å². The summed E-state index contributed by atoms with van der Waals surface area (Å²) in [5.74, 6) is -3.03.